The number of benzene rings is 1. The predicted octanol–water partition coefficient (Wildman–Crippen LogP) is 1.50. The van der Waals surface area contributed by atoms with E-state index in [2.05, 4.69) is 36.2 Å². The largest absolute Gasteiger partial charge is 0.329 e. The van der Waals surface area contributed by atoms with E-state index >= 15 is 0 Å². The van der Waals surface area contributed by atoms with E-state index in [1.807, 2.05) is 6.07 Å². The Labute approximate surface area is 86.1 Å². The van der Waals surface area contributed by atoms with Gasteiger partial charge in [0.1, 0.15) is 0 Å². The van der Waals surface area contributed by atoms with Gasteiger partial charge in [0.2, 0.25) is 0 Å². The second kappa shape index (κ2) is 6.89. The number of likely N-dealkylation sites (N-methyl/N-ethyl adjacent to an activating group) is 1. The predicted molar refractivity (Wildman–Crippen MR) is 59.1 cm³/mol. The van der Waals surface area contributed by atoms with Crippen LogP contribution in [0.1, 0.15) is 5.56 Å². The van der Waals surface area contributed by atoms with Crippen LogP contribution in [-0.4, -0.2) is 25.0 Å². The first-order valence-corrected chi connectivity index (χ1v) is 4.25. The van der Waals surface area contributed by atoms with E-state index in [1.165, 1.54) is 5.56 Å². The zero-order valence-corrected chi connectivity index (χ0v) is 8.76. The molecule has 1 aromatic rings. The molecular formula is C10H17ClN2. The molecule has 0 heterocycles. The normalized spacial score (nSPS) is 9.77. The first-order chi connectivity index (χ1) is 5.83. The third-order valence-corrected chi connectivity index (χ3v) is 1.81. The number of nitrogens with zero attached hydrogens (tertiary/aromatic N) is 1. The maximum absolute atomic E-state index is 5.44. The van der Waals surface area contributed by atoms with Gasteiger partial charge in [-0.2, -0.15) is 0 Å². The molecule has 2 N–H and O–H groups in total. The van der Waals surface area contributed by atoms with Crippen LogP contribution in [0, 0.1) is 0 Å². The van der Waals surface area contributed by atoms with Gasteiger partial charge in [-0.05, 0) is 12.6 Å². The Morgan fingerprint density at radius 3 is 2.38 bits per heavy atom. The molecule has 0 amide bonds. The Morgan fingerprint density at radius 2 is 1.85 bits per heavy atom. The Morgan fingerprint density at radius 1 is 1.23 bits per heavy atom. The number of hydrogen-bond acceptors (Lipinski definition) is 2. The van der Waals surface area contributed by atoms with E-state index in [4.69, 9.17) is 5.73 Å². The molecule has 2 nitrogen and oxygen atoms in total. The molecule has 0 aliphatic carbocycles. The topological polar surface area (TPSA) is 29.3 Å². The quantitative estimate of drug-likeness (QED) is 0.799. The molecule has 0 atom stereocenters. The van der Waals surface area contributed by atoms with Crippen molar-refractivity contribution < 1.29 is 0 Å². The van der Waals surface area contributed by atoms with Crippen LogP contribution >= 0.6 is 12.4 Å². The van der Waals surface area contributed by atoms with Gasteiger partial charge in [0.15, 0.2) is 0 Å². The molecule has 0 radical (unpaired) electrons. The highest BCUT2D eigenvalue weighted by atomic mass is 35.5. The highest BCUT2D eigenvalue weighted by Gasteiger charge is 1.96. The second-order valence-corrected chi connectivity index (χ2v) is 3.01. The molecule has 3 heteroatoms. The minimum Gasteiger partial charge on any atom is -0.329 e. The van der Waals surface area contributed by atoms with Crippen LogP contribution in [0.5, 0.6) is 0 Å². The molecule has 0 fully saturated rings. The molecule has 0 aromatic heterocycles. The Hall–Kier alpha value is -0.570. The van der Waals surface area contributed by atoms with Crippen molar-refractivity contribution >= 4 is 12.4 Å². The van der Waals surface area contributed by atoms with Gasteiger partial charge in [0, 0.05) is 19.6 Å². The van der Waals surface area contributed by atoms with Crippen LogP contribution in [0.25, 0.3) is 0 Å². The number of halogens is 1. The molecule has 0 bridgehead atoms. The van der Waals surface area contributed by atoms with Crippen LogP contribution in [0.15, 0.2) is 30.3 Å². The van der Waals surface area contributed by atoms with Gasteiger partial charge in [-0.3, -0.25) is 0 Å². The average molecular weight is 201 g/mol. The van der Waals surface area contributed by atoms with Gasteiger partial charge in [-0.15, -0.1) is 12.4 Å². The highest BCUT2D eigenvalue weighted by Crippen LogP contribution is 2.01. The Kier molecular flexibility index (Phi) is 6.59. The average Bonchev–Trinajstić information content (AvgIpc) is 2.06. The molecular weight excluding hydrogens is 184 g/mol. The lowest BCUT2D eigenvalue weighted by Gasteiger charge is -2.14. The molecule has 0 spiro atoms. The number of hydrogen-bond donors (Lipinski definition) is 1. The summed E-state index contributed by atoms with van der Waals surface area (Å²) in [5.41, 5.74) is 6.78. The third-order valence-electron chi connectivity index (χ3n) is 1.81. The summed E-state index contributed by atoms with van der Waals surface area (Å²) in [6.07, 6.45) is 0. The van der Waals surface area contributed by atoms with Crippen molar-refractivity contribution in [3.8, 4) is 0 Å². The van der Waals surface area contributed by atoms with Gasteiger partial charge in [0.05, 0.1) is 0 Å². The SMILES string of the molecule is CN(CCN)Cc1ccccc1.Cl. The fourth-order valence-electron chi connectivity index (χ4n) is 1.19. The molecule has 1 aromatic carbocycles. The first-order valence-electron chi connectivity index (χ1n) is 4.25. The van der Waals surface area contributed by atoms with E-state index in [1.54, 1.807) is 0 Å². The maximum atomic E-state index is 5.44. The molecule has 0 saturated carbocycles. The summed E-state index contributed by atoms with van der Waals surface area (Å²) in [6, 6.07) is 10.4. The van der Waals surface area contributed by atoms with Crippen LogP contribution < -0.4 is 5.73 Å². The van der Waals surface area contributed by atoms with Crippen molar-refractivity contribution in [2.45, 2.75) is 6.54 Å². The van der Waals surface area contributed by atoms with Gasteiger partial charge < -0.3 is 10.6 Å². The van der Waals surface area contributed by atoms with Crippen LogP contribution in [0.2, 0.25) is 0 Å². The van der Waals surface area contributed by atoms with E-state index < -0.39 is 0 Å². The van der Waals surface area contributed by atoms with Crippen molar-refractivity contribution in [1.29, 1.82) is 0 Å². The summed E-state index contributed by atoms with van der Waals surface area (Å²) in [4.78, 5) is 2.22. The standard InChI is InChI=1S/C10H16N2.ClH/c1-12(8-7-11)9-10-5-3-2-4-6-10;/h2-6H,7-9,11H2,1H3;1H. The van der Waals surface area contributed by atoms with Gasteiger partial charge in [-0.25, -0.2) is 0 Å². The maximum Gasteiger partial charge on any atom is 0.0231 e. The lowest BCUT2D eigenvalue weighted by atomic mass is 10.2. The molecule has 13 heavy (non-hydrogen) atoms. The lowest BCUT2D eigenvalue weighted by molar-refractivity contribution is 0.336. The van der Waals surface area contributed by atoms with Crippen molar-refractivity contribution in [3.63, 3.8) is 0 Å². The number of rotatable bonds is 4. The van der Waals surface area contributed by atoms with Crippen molar-refractivity contribution in [3.05, 3.63) is 35.9 Å². The first kappa shape index (κ1) is 12.4. The zero-order chi connectivity index (χ0) is 8.81. The Balaban J connectivity index is 0.00000144. The zero-order valence-electron chi connectivity index (χ0n) is 7.94. The molecule has 0 unspecified atom stereocenters. The van der Waals surface area contributed by atoms with E-state index in [0.717, 1.165) is 19.6 Å². The van der Waals surface area contributed by atoms with Gasteiger partial charge >= 0.3 is 0 Å². The minimum absolute atomic E-state index is 0. The molecule has 1 rings (SSSR count). The molecule has 0 saturated heterocycles. The third kappa shape index (κ3) is 4.88. The van der Waals surface area contributed by atoms with E-state index in [0.29, 0.717) is 0 Å². The minimum atomic E-state index is 0. The van der Waals surface area contributed by atoms with Gasteiger partial charge in [0.25, 0.3) is 0 Å². The van der Waals surface area contributed by atoms with Crippen LogP contribution in [0.3, 0.4) is 0 Å². The lowest BCUT2D eigenvalue weighted by Crippen LogP contribution is -2.24. The summed E-state index contributed by atoms with van der Waals surface area (Å²) < 4.78 is 0. The highest BCUT2D eigenvalue weighted by molar-refractivity contribution is 5.85. The fraction of sp³-hybridized carbons (Fsp3) is 0.400. The van der Waals surface area contributed by atoms with Gasteiger partial charge in [-0.1, -0.05) is 30.3 Å². The molecule has 0 aliphatic rings. The van der Waals surface area contributed by atoms with Crippen molar-refractivity contribution in [1.82, 2.24) is 4.90 Å². The van der Waals surface area contributed by atoms with Crippen molar-refractivity contribution in [2.24, 2.45) is 5.73 Å². The molecule has 0 aliphatic heterocycles. The second-order valence-electron chi connectivity index (χ2n) is 3.01. The van der Waals surface area contributed by atoms with E-state index in [-0.39, 0.29) is 12.4 Å². The van der Waals surface area contributed by atoms with Crippen molar-refractivity contribution in [2.75, 3.05) is 20.1 Å². The van der Waals surface area contributed by atoms with Crippen LogP contribution in [0.4, 0.5) is 0 Å². The smallest absolute Gasteiger partial charge is 0.0231 e. The molecule has 74 valence electrons. The monoisotopic (exact) mass is 200 g/mol. The summed E-state index contributed by atoms with van der Waals surface area (Å²) in [7, 11) is 2.08. The number of nitrogens with two attached hydrogens (primary N) is 1. The Bertz CT molecular complexity index is 213. The summed E-state index contributed by atoms with van der Waals surface area (Å²) in [5.74, 6) is 0. The summed E-state index contributed by atoms with van der Waals surface area (Å²) in [6.45, 7) is 2.66. The summed E-state index contributed by atoms with van der Waals surface area (Å²) >= 11 is 0. The fourth-order valence-corrected chi connectivity index (χ4v) is 1.19. The summed E-state index contributed by atoms with van der Waals surface area (Å²) in [5, 5.41) is 0. The van der Waals surface area contributed by atoms with E-state index in [9.17, 15) is 0 Å². The van der Waals surface area contributed by atoms with Crippen LogP contribution in [-0.2, 0) is 6.54 Å².